The maximum Gasteiger partial charge on any atom is 0.248 e. The Morgan fingerprint density at radius 2 is 1.95 bits per heavy atom. The number of benzene rings is 2. The number of primary amides is 1. The third-order valence-electron chi connectivity index (χ3n) is 2.57. The number of amides is 1. The fourth-order valence-corrected chi connectivity index (χ4v) is 2.03. The summed E-state index contributed by atoms with van der Waals surface area (Å²) in [6, 6.07) is 7.91. The van der Waals surface area contributed by atoms with Gasteiger partial charge in [0.1, 0.15) is 24.0 Å². The predicted molar refractivity (Wildman–Crippen MR) is 73.3 cm³/mol. The van der Waals surface area contributed by atoms with Crippen molar-refractivity contribution in [2.24, 2.45) is 5.73 Å². The molecule has 0 saturated carbocycles. The summed E-state index contributed by atoms with van der Waals surface area (Å²) in [7, 11) is 0. The molecule has 0 aliphatic rings. The van der Waals surface area contributed by atoms with Gasteiger partial charge in [-0.1, -0.05) is 22.0 Å². The number of ether oxygens (including phenoxy) is 1. The number of hydrogen-bond donors (Lipinski definition) is 1. The smallest absolute Gasteiger partial charge is 0.248 e. The summed E-state index contributed by atoms with van der Waals surface area (Å²) >= 11 is 3.13. The van der Waals surface area contributed by atoms with Gasteiger partial charge < -0.3 is 10.5 Å². The molecule has 0 bridgehead atoms. The van der Waals surface area contributed by atoms with E-state index in [-0.39, 0.29) is 23.5 Å². The van der Waals surface area contributed by atoms with Gasteiger partial charge in [-0.05, 0) is 24.3 Å². The second kappa shape index (κ2) is 6.00. The minimum absolute atomic E-state index is 0.0826. The van der Waals surface area contributed by atoms with Crippen LogP contribution in [0.4, 0.5) is 8.78 Å². The first-order valence-electron chi connectivity index (χ1n) is 5.63. The molecule has 2 rings (SSSR count). The van der Waals surface area contributed by atoms with Crippen molar-refractivity contribution in [2.75, 3.05) is 0 Å². The molecule has 0 spiro atoms. The maximum absolute atomic E-state index is 13.7. The van der Waals surface area contributed by atoms with Crippen LogP contribution < -0.4 is 10.5 Å². The Bertz CT molecular complexity index is 641. The summed E-state index contributed by atoms with van der Waals surface area (Å²) < 4.78 is 32.7. The number of carbonyl (C=O) groups excluding carboxylic acids is 1. The first-order chi connectivity index (χ1) is 9.45. The summed E-state index contributed by atoms with van der Waals surface area (Å²) in [5, 5.41) is 0. The molecule has 0 aromatic heterocycles. The van der Waals surface area contributed by atoms with Crippen LogP contribution in [-0.4, -0.2) is 5.91 Å². The number of rotatable bonds is 4. The van der Waals surface area contributed by atoms with Crippen molar-refractivity contribution < 1.29 is 18.3 Å². The Morgan fingerprint density at radius 3 is 2.55 bits per heavy atom. The molecule has 0 atom stereocenters. The lowest BCUT2D eigenvalue weighted by Crippen LogP contribution is -2.11. The van der Waals surface area contributed by atoms with Crippen LogP contribution in [0.5, 0.6) is 5.75 Å². The number of nitrogens with two attached hydrogens (primary N) is 1. The van der Waals surface area contributed by atoms with Crippen molar-refractivity contribution in [3.63, 3.8) is 0 Å². The standard InChI is InChI=1S/C14H10BrF2NO2/c15-10-4-11(16)6-12(5-10)20-7-9-2-1-8(14(18)19)3-13(9)17/h1-6H,7H2,(H2,18,19). The second-order valence-corrected chi connectivity index (χ2v) is 4.98. The van der Waals surface area contributed by atoms with Gasteiger partial charge in [0.05, 0.1) is 0 Å². The Morgan fingerprint density at radius 1 is 1.20 bits per heavy atom. The molecule has 0 aliphatic carbocycles. The largest absolute Gasteiger partial charge is 0.489 e. The third kappa shape index (κ3) is 3.54. The molecule has 2 aromatic rings. The van der Waals surface area contributed by atoms with Gasteiger partial charge >= 0.3 is 0 Å². The fraction of sp³-hybridized carbons (Fsp3) is 0.0714. The highest BCUT2D eigenvalue weighted by Crippen LogP contribution is 2.22. The quantitative estimate of drug-likeness (QED) is 0.926. The van der Waals surface area contributed by atoms with E-state index >= 15 is 0 Å². The van der Waals surface area contributed by atoms with Gasteiger partial charge in [0, 0.05) is 21.7 Å². The lowest BCUT2D eigenvalue weighted by Gasteiger charge is -2.08. The highest BCUT2D eigenvalue weighted by Gasteiger charge is 2.08. The van der Waals surface area contributed by atoms with E-state index in [0.717, 1.165) is 6.07 Å². The van der Waals surface area contributed by atoms with E-state index in [1.54, 1.807) is 6.07 Å². The highest BCUT2D eigenvalue weighted by atomic mass is 79.9. The van der Waals surface area contributed by atoms with Gasteiger partial charge in [-0.15, -0.1) is 0 Å². The van der Waals surface area contributed by atoms with Gasteiger partial charge in [-0.2, -0.15) is 0 Å². The highest BCUT2D eigenvalue weighted by molar-refractivity contribution is 9.10. The van der Waals surface area contributed by atoms with Crippen LogP contribution in [-0.2, 0) is 6.61 Å². The van der Waals surface area contributed by atoms with E-state index in [1.807, 2.05) is 0 Å². The Hall–Kier alpha value is -1.95. The molecule has 20 heavy (non-hydrogen) atoms. The Labute approximate surface area is 122 Å². The average molecular weight is 342 g/mol. The van der Waals surface area contributed by atoms with Gasteiger partial charge in [0.25, 0.3) is 0 Å². The lowest BCUT2D eigenvalue weighted by molar-refractivity contribution is 0.0999. The monoisotopic (exact) mass is 341 g/mol. The van der Waals surface area contributed by atoms with Crippen LogP contribution in [0.1, 0.15) is 15.9 Å². The molecule has 0 fully saturated rings. The molecular weight excluding hydrogens is 332 g/mol. The second-order valence-electron chi connectivity index (χ2n) is 4.06. The van der Waals surface area contributed by atoms with Gasteiger partial charge in [0.2, 0.25) is 5.91 Å². The minimum atomic E-state index is -0.703. The van der Waals surface area contributed by atoms with Crippen molar-refractivity contribution in [1.82, 2.24) is 0 Å². The van der Waals surface area contributed by atoms with Crippen LogP contribution in [0.15, 0.2) is 40.9 Å². The van der Waals surface area contributed by atoms with Crippen LogP contribution >= 0.6 is 15.9 Å². The van der Waals surface area contributed by atoms with E-state index in [1.165, 1.54) is 24.3 Å². The average Bonchev–Trinajstić information content (AvgIpc) is 2.36. The van der Waals surface area contributed by atoms with Crippen LogP contribution in [0.2, 0.25) is 0 Å². The summed E-state index contributed by atoms with van der Waals surface area (Å²) in [5.74, 6) is -1.49. The van der Waals surface area contributed by atoms with Crippen LogP contribution in [0, 0.1) is 11.6 Å². The molecule has 6 heteroatoms. The molecular formula is C14H10BrF2NO2. The first kappa shape index (κ1) is 14.5. The summed E-state index contributed by atoms with van der Waals surface area (Å²) in [6.07, 6.45) is 0. The van der Waals surface area contributed by atoms with E-state index < -0.39 is 17.5 Å². The van der Waals surface area contributed by atoms with Crippen LogP contribution in [0.25, 0.3) is 0 Å². The minimum Gasteiger partial charge on any atom is -0.489 e. The lowest BCUT2D eigenvalue weighted by atomic mass is 10.1. The zero-order valence-corrected chi connectivity index (χ0v) is 11.8. The van der Waals surface area contributed by atoms with E-state index in [0.29, 0.717) is 4.47 Å². The topological polar surface area (TPSA) is 52.3 Å². The molecule has 3 nitrogen and oxygen atoms in total. The Kier molecular flexibility index (Phi) is 4.34. The van der Waals surface area contributed by atoms with Gasteiger partial charge in [0.15, 0.2) is 0 Å². The summed E-state index contributed by atoms with van der Waals surface area (Å²) in [6.45, 7) is -0.0826. The first-order valence-corrected chi connectivity index (χ1v) is 6.42. The molecule has 0 radical (unpaired) electrons. The molecule has 2 N–H and O–H groups in total. The SMILES string of the molecule is NC(=O)c1ccc(COc2cc(F)cc(Br)c2)c(F)c1. The van der Waals surface area contributed by atoms with Crippen molar-refractivity contribution in [3.05, 3.63) is 63.6 Å². The molecule has 2 aromatic carbocycles. The van der Waals surface area contributed by atoms with Gasteiger partial charge in [-0.25, -0.2) is 8.78 Å². The van der Waals surface area contributed by atoms with Gasteiger partial charge in [-0.3, -0.25) is 4.79 Å². The molecule has 0 heterocycles. The maximum atomic E-state index is 13.7. The van der Waals surface area contributed by atoms with E-state index in [2.05, 4.69) is 15.9 Å². The summed E-state index contributed by atoms with van der Waals surface area (Å²) in [4.78, 5) is 10.9. The number of carbonyl (C=O) groups is 1. The van der Waals surface area contributed by atoms with E-state index in [9.17, 15) is 13.6 Å². The van der Waals surface area contributed by atoms with Crippen LogP contribution in [0.3, 0.4) is 0 Å². The Balaban J connectivity index is 2.12. The zero-order valence-electron chi connectivity index (χ0n) is 10.2. The number of hydrogen-bond acceptors (Lipinski definition) is 2. The van der Waals surface area contributed by atoms with Crippen molar-refractivity contribution in [2.45, 2.75) is 6.61 Å². The van der Waals surface area contributed by atoms with Crippen molar-refractivity contribution in [1.29, 1.82) is 0 Å². The molecule has 1 amide bonds. The zero-order chi connectivity index (χ0) is 14.7. The molecule has 0 aliphatic heterocycles. The normalized spacial score (nSPS) is 10.3. The molecule has 0 unspecified atom stereocenters. The predicted octanol–water partition coefficient (Wildman–Crippen LogP) is 3.41. The third-order valence-corrected chi connectivity index (χ3v) is 3.03. The summed E-state index contributed by atoms with van der Waals surface area (Å²) in [5.41, 5.74) is 5.38. The van der Waals surface area contributed by atoms with Crippen molar-refractivity contribution >= 4 is 21.8 Å². The molecule has 0 saturated heterocycles. The van der Waals surface area contributed by atoms with E-state index in [4.69, 9.17) is 10.5 Å². The fourth-order valence-electron chi connectivity index (χ4n) is 1.59. The molecule has 104 valence electrons. The number of halogens is 3. The van der Waals surface area contributed by atoms with Crippen molar-refractivity contribution in [3.8, 4) is 5.75 Å².